The van der Waals surface area contributed by atoms with Gasteiger partial charge in [0.05, 0.1) is 25.5 Å². The summed E-state index contributed by atoms with van der Waals surface area (Å²) in [5.74, 6) is 0.229. The van der Waals surface area contributed by atoms with Crippen LogP contribution in [-0.4, -0.2) is 62.6 Å². The largest absolute Gasteiger partial charge is 0.466 e. The maximum Gasteiger partial charge on any atom is 0.337 e. The highest BCUT2D eigenvalue weighted by atomic mass is 32.2. The van der Waals surface area contributed by atoms with Gasteiger partial charge in [-0.25, -0.2) is 22.9 Å². The van der Waals surface area contributed by atoms with Crippen molar-refractivity contribution in [3.63, 3.8) is 0 Å². The summed E-state index contributed by atoms with van der Waals surface area (Å²) < 4.78 is 30.4. The Bertz CT molecular complexity index is 783. The Hall–Kier alpha value is -1.78. The number of sulfonamides is 1. The summed E-state index contributed by atoms with van der Waals surface area (Å²) in [6.07, 6.45) is 3.22. The van der Waals surface area contributed by atoms with E-state index >= 15 is 0 Å². The maximum absolute atomic E-state index is 12.0. The zero-order valence-electron chi connectivity index (χ0n) is 12.6. The van der Waals surface area contributed by atoms with Gasteiger partial charge >= 0.3 is 5.97 Å². The third kappa shape index (κ3) is 3.28. The fourth-order valence-electron chi connectivity index (χ4n) is 2.77. The quantitative estimate of drug-likeness (QED) is 0.760. The van der Waals surface area contributed by atoms with Crippen molar-refractivity contribution in [2.24, 2.45) is 4.99 Å². The highest BCUT2D eigenvalue weighted by Gasteiger charge is 2.38. The van der Waals surface area contributed by atoms with Crippen molar-refractivity contribution in [2.45, 2.75) is 12.5 Å². The number of aliphatic imine (C=N–C) groups is 1. The van der Waals surface area contributed by atoms with Crippen molar-refractivity contribution >= 4 is 33.2 Å². The van der Waals surface area contributed by atoms with E-state index in [-0.39, 0.29) is 12.6 Å². The third-order valence-corrected chi connectivity index (χ3v) is 5.13. The van der Waals surface area contributed by atoms with Gasteiger partial charge in [0.2, 0.25) is 10.0 Å². The van der Waals surface area contributed by atoms with Crippen LogP contribution in [0.1, 0.15) is 11.4 Å². The summed E-state index contributed by atoms with van der Waals surface area (Å²) in [6.45, 7) is 0.611. The smallest absolute Gasteiger partial charge is 0.337 e. The van der Waals surface area contributed by atoms with E-state index in [1.807, 2.05) is 10.3 Å². The van der Waals surface area contributed by atoms with Gasteiger partial charge in [0.25, 0.3) is 0 Å². The summed E-state index contributed by atoms with van der Waals surface area (Å²) in [7, 11) is -2.01. The first kappa shape index (κ1) is 16.1. The lowest BCUT2D eigenvalue weighted by atomic mass is 10.1. The predicted octanol–water partition coefficient (Wildman–Crippen LogP) is -0.0461. The van der Waals surface area contributed by atoms with Crippen LogP contribution in [0.25, 0.3) is 0 Å². The van der Waals surface area contributed by atoms with Gasteiger partial charge in [-0.2, -0.15) is 0 Å². The van der Waals surface area contributed by atoms with E-state index in [4.69, 9.17) is 4.74 Å². The van der Waals surface area contributed by atoms with Gasteiger partial charge in [-0.15, -0.1) is 11.3 Å². The minimum atomic E-state index is -3.33. The normalized spacial score (nSPS) is 21.2. The second-order valence-electron chi connectivity index (χ2n) is 5.30. The molecule has 1 atom stereocenters. The Morgan fingerprint density at radius 2 is 2.30 bits per heavy atom. The van der Waals surface area contributed by atoms with E-state index < -0.39 is 16.0 Å². The topological polar surface area (TPSA) is 101 Å². The van der Waals surface area contributed by atoms with E-state index in [0.717, 1.165) is 17.0 Å². The van der Waals surface area contributed by atoms with E-state index in [1.165, 1.54) is 18.4 Å². The first-order valence-electron chi connectivity index (χ1n) is 6.88. The number of aromatic nitrogens is 1. The van der Waals surface area contributed by atoms with Crippen LogP contribution in [0.3, 0.4) is 0 Å². The van der Waals surface area contributed by atoms with E-state index in [0.29, 0.717) is 24.4 Å². The molecule has 1 saturated heterocycles. The molecule has 2 aliphatic rings. The Labute approximate surface area is 137 Å². The van der Waals surface area contributed by atoms with Crippen molar-refractivity contribution < 1.29 is 17.9 Å². The first-order chi connectivity index (χ1) is 10.9. The number of hydrogen-bond donors (Lipinski definition) is 1. The highest BCUT2D eigenvalue weighted by molar-refractivity contribution is 7.88. The van der Waals surface area contributed by atoms with Crippen LogP contribution < -0.4 is 4.72 Å². The summed E-state index contributed by atoms with van der Waals surface area (Å²) >= 11 is 1.45. The number of esters is 1. The van der Waals surface area contributed by atoms with Crippen molar-refractivity contribution in [1.82, 2.24) is 14.6 Å². The Morgan fingerprint density at radius 3 is 2.91 bits per heavy atom. The minimum Gasteiger partial charge on any atom is -0.466 e. The van der Waals surface area contributed by atoms with E-state index in [1.54, 1.807) is 6.20 Å². The molecule has 0 amide bonds. The molecule has 1 aromatic heterocycles. The molecular weight excluding hydrogens is 340 g/mol. The molecule has 124 valence electrons. The molecule has 1 N–H and O–H groups in total. The molecule has 1 aromatic rings. The number of nitrogens with one attached hydrogen (secondary N) is 1. The number of fused-ring (bicyclic) bond motifs is 1. The lowest BCUT2D eigenvalue weighted by Crippen LogP contribution is -2.39. The number of nitrogens with zero attached hydrogens (tertiary/aromatic N) is 3. The molecule has 8 nitrogen and oxygen atoms in total. The SMILES string of the molecule is COC(=O)C1=C2C[C@H](NS(C)(=O)=O)CN2C(c2nccs2)=NC1. The number of carbonyl (C=O) groups is 1. The fourth-order valence-corrected chi connectivity index (χ4v) is 4.19. The van der Waals surface area contributed by atoms with Crippen LogP contribution in [0.5, 0.6) is 0 Å². The van der Waals surface area contributed by atoms with Crippen LogP contribution >= 0.6 is 11.3 Å². The molecule has 0 unspecified atom stereocenters. The van der Waals surface area contributed by atoms with Gasteiger partial charge in [-0.1, -0.05) is 0 Å². The molecule has 0 radical (unpaired) electrons. The molecule has 2 aliphatic heterocycles. The van der Waals surface area contributed by atoms with Crippen LogP contribution in [-0.2, 0) is 19.6 Å². The molecule has 10 heteroatoms. The number of rotatable bonds is 4. The van der Waals surface area contributed by atoms with Gasteiger partial charge < -0.3 is 9.64 Å². The second kappa shape index (κ2) is 6.02. The number of ether oxygens (including phenoxy) is 1. The zero-order chi connectivity index (χ0) is 16.6. The maximum atomic E-state index is 12.0. The number of amidine groups is 1. The number of hydrogen-bond acceptors (Lipinski definition) is 8. The highest BCUT2D eigenvalue weighted by Crippen LogP contribution is 2.31. The van der Waals surface area contributed by atoms with Crippen molar-refractivity contribution in [3.05, 3.63) is 27.9 Å². The lowest BCUT2D eigenvalue weighted by Gasteiger charge is -2.26. The Morgan fingerprint density at radius 1 is 1.52 bits per heavy atom. The molecule has 3 rings (SSSR count). The van der Waals surface area contributed by atoms with Crippen molar-refractivity contribution in [2.75, 3.05) is 26.5 Å². The molecular formula is C13H16N4O4S2. The van der Waals surface area contributed by atoms with Crippen molar-refractivity contribution in [1.29, 1.82) is 0 Å². The number of methoxy groups -OCH3 is 1. The molecule has 0 bridgehead atoms. The van der Waals surface area contributed by atoms with Gasteiger partial charge in [0.15, 0.2) is 10.8 Å². The van der Waals surface area contributed by atoms with Gasteiger partial charge in [0, 0.05) is 36.3 Å². The molecule has 3 heterocycles. The lowest BCUT2D eigenvalue weighted by molar-refractivity contribution is -0.136. The summed E-state index contributed by atoms with van der Waals surface area (Å²) in [5.41, 5.74) is 1.21. The summed E-state index contributed by atoms with van der Waals surface area (Å²) in [4.78, 5) is 22.5. The van der Waals surface area contributed by atoms with Crippen LogP contribution in [0.2, 0.25) is 0 Å². The molecule has 1 fully saturated rings. The number of thiazole rings is 1. The summed E-state index contributed by atoms with van der Waals surface area (Å²) in [5, 5.41) is 2.59. The summed E-state index contributed by atoms with van der Waals surface area (Å²) in [6, 6.07) is -0.317. The average molecular weight is 356 g/mol. The predicted molar refractivity (Wildman–Crippen MR) is 85.7 cm³/mol. The molecule has 0 aromatic carbocycles. The van der Waals surface area contributed by atoms with Crippen molar-refractivity contribution in [3.8, 4) is 0 Å². The van der Waals surface area contributed by atoms with Crippen LogP contribution in [0.4, 0.5) is 0 Å². The van der Waals surface area contributed by atoms with Gasteiger partial charge in [0.1, 0.15) is 0 Å². The first-order valence-corrected chi connectivity index (χ1v) is 9.65. The van der Waals surface area contributed by atoms with Gasteiger partial charge in [-0.05, 0) is 0 Å². The molecule has 0 aliphatic carbocycles. The Kier molecular flexibility index (Phi) is 4.21. The standard InChI is InChI=1S/C13H16N4O4S2/c1-21-13(18)9-6-15-11(12-14-3-4-22-12)17-7-8(5-10(9)17)16-23(2,19)20/h3-4,8,16H,5-7H2,1-2H3/t8-/m0/s1. The minimum absolute atomic E-state index is 0.207. The van der Waals surface area contributed by atoms with Crippen LogP contribution in [0, 0.1) is 0 Å². The average Bonchev–Trinajstić information content (AvgIpc) is 3.12. The van der Waals surface area contributed by atoms with E-state index in [9.17, 15) is 13.2 Å². The van der Waals surface area contributed by atoms with Crippen LogP contribution in [0.15, 0.2) is 27.8 Å². The van der Waals surface area contributed by atoms with Gasteiger partial charge in [-0.3, -0.25) is 4.99 Å². The third-order valence-electron chi connectivity index (χ3n) is 3.60. The fraction of sp³-hybridized carbons (Fsp3) is 0.462. The van der Waals surface area contributed by atoms with E-state index in [2.05, 4.69) is 14.7 Å². The molecule has 23 heavy (non-hydrogen) atoms. The Balaban J connectivity index is 1.95. The zero-order valence-corrected chi connectivity index (χ0v) is 14.3. The monoisotopic (exact) mass is 356 g/mol. The number of carbonyl (C=O) groups excluding carboxylic acids is 1. The molecule has 0 saturated carbocycles. The molecule has 0 spiro atoms. The second-order valence-corrected chi connectivity index (χ2v) is 7.97.